The van der Waals surface area contributed by atoms with Crippen molar-refractivity contribution in [3.05, 3.63) is 95.1 Å². The molecule has 0 aromatic heterocycles. The van der Waals surface area contributed by atoms with Gasteiger partial charge in [0.25, 0.3) is 0 Å². The first kappa shape index (κ1) is 18.9. The van der Waals surface area contributed by atoms with Crippen LogP contribution in [0.1, 0.15) is 65.6 Å². The third kappa shape index (κ3) is 3.60. The van der Waals surface area contributed by atoms with Gasteiger partial charge in [-0.1, -0.05) is 72.8 Å². The number of allylic oxidation sites excluding steroid dienone is 2. The highest BCUT2D eigenvalue weighted by Crippen LogP contribution is 2.34. The number of carbonyl (C=O) groups is 1. The minimum Gasteiger partial charge on any atom is -0.381 e. The van der Waals surface area contributed by atoms with Crippen molar-refractivity contribution < 1.29 is 15.0 Å². The lowest BCUT2D eigenvalue weighted by atomic mass is 9.83. The van der Waals surface area contributed by atoms with Gasteiger partial charge in [0.2, 0.25) is 0 Å². The molecule has 2 atom stereocenters. The Hall–Kier alpha value is -2.49. The Morgan fingerprint density at radius 2 is 1.07 bits per heavy atom. The second-order valence-electron chi connectivity index (χ2n) is 7.92. The third-order valence-corrected chi connectivity index (χ3v) is 5.94. The zero-order valence-corrected chi connectivity index (χ0v) is 16.0. The molecule has 0 saturated heterocycles. The van der Waals surface area contributed by atoms with E-state index >= 15 is 0 Å². The predicted molar refractivity (Wildman–Crippen MR) is 110 cm³/mol. The average molecular weight is 374 g/mol. The van der Waals surface area contributed by atoms with Crippen molar-refractivity contribution in [2.75, 3.05) is 0 Å². The van der Waals surface area contributed by atoms with Gasteiger partial charge in [-0.15, -0.1) is 0 Å². The van der Waals surface area contributed by atoms with E-state index in [1.807, 2.05) is 48.6 Å². The van der Waals surface area contributed by atoms with E-state index in [0.29, 0.717) is 24.0 Å². The molecule has 2 aliphatic rings. The number of aliphatic hydroxyl groups is 2. The van der Waals surface area contributed by atoms with Gasteiger partial charge in [0.15, 0.2) is 5.78 Å². The molecule has 3 nitrogen and oxygen atoms in total. The zero-order chi connectivity index (χ0) is 19.6. The number of hydrogen-bond acceptors (Lipinski definition) is 3. The largest absolute Gasteiger partial charge is 0.381 e. The van der Waals surface area contributed by atoms with Gasteiger partial charge in [-0.3, -0.25) is 4.79 Å². The van der Waals surface area contributed by atoms with Crippen LogP contribution in [0.3, 0.4) is 0 Å². The Morgan fingerprint density at radius 1 is 0.679 bits per heavy atom. The fourth-order valence-electron chi connectivity index (χ4n) is 4.17. The lowest BCUT2D eigenvalue weighted by molar-refractivity contribution is 0.0722. The molecule has 2 unspecified atom stereocenters. The Kier molecular flexibility index (Phi) is 5.05. The quantitative estimate of drug-likeness (QED) is 0.598. The highest BCUT2D eigenvalue weighted by Gasteiger charge is 2.29. The van der Waals surface area contributed by atoms with E-state index < -0.39 is 11.2 Å². The van der Waals surface area contributed by atoms with Gasteiger partial charge in [-0.25, -0.2) is 0 Å². The van der Waals surface area contributed by atoms with Gasteiger partial charge >= 0.3 is 0 Å². The Balaban J connectivity index is 1.53. The van der Waals surface area contributed by atoms with Crippen LogP contribution in [0.5, 0.6) is 0 Å². The van der Waals surface area contributed by atoms with Crippen LogP contribution in [-0.4, -0.2) is 16.0 Å². The summed E-state index contributed by atoms with van der Waals surface area (Å²) in [6, 6.07) is 14.5. The van der Waals surface area contributed by atoms with E-state index in [9.17, 15) is 15.0 Å². The number of carbonyl (C=O) groups excluding carboxylic acids is 1. The van der Waals surface area contributed by atoms with E-state index in [1.165, 1.54) is 0 Å². The van der Waals surface area contributed by atoms with Crippen LogP contribution >= 0.6 is 0 Å². The van der Waals surface area contributed by atoms with E-state index in [2.05, 4.69) is 0 Å². The van der Waals surface area contributed by atoms with Gasteiger partial charge < -0.3 is 10.2 Å². The van der Waals surface area contributed by atoms with E-state index in [0.717, 1.165) is 36.8 Å². The van der Waals surface area contributed by atoms with E-state index in [1.54, 1.807) is 24.3 Å². The summed E-state index contributed by atoms with van der Waals surface area (Å²) in [4.78, 5) is 12.8. The van der Waals surface area contributed by atoms with Crippen molar-refractivity contribution in [2.24, 2.45) is 0 Å². The second kappa shape index (κ2) is 7.50. The minimum absolute atomic E-state index is 0.0598. The van der Waals surface area contributed by atoms with Gasteiger partial charge in [-0.2, -0.15) is 0 Å². The smallest absolute Gasteiger partial charge is 0.193 e. The normalized spacial score (nSPS) is 26.9. The predicted octanol–water partition coefficient (Wildman–Crippen LogP) is 4.77. The van der Waals surface area contributed by atoms with Crippen LogP contribution in [0, 0.1) is 0 Å². The maximum atomic E-state index is 12.8. The standard InChI is InChI=1S/C25H26O3/c26-23(19-7-11-21(12-8-19)24(27)15-3-1-4-16-24)20-9-13-22(14-10-20)25(28)17-5-2-6-18-25/h3,5,7-15,17,27-28H,1-2,4,6,16,18H2. The first-order chi connectivity index (χ1) is 13.5. The Bertz CT molecular complexity index is 832. The SMILES string of the molecule is O=C(c1ccc(C2(O)C=CCCC2)cc1)c1ccc(C2(O)C=CCCC2)cc1. The number of ketones is 1. The summed E-state index contributed by atoms with van der Waals surface area (Å²) in [6.45, 7) is 0. The Morgan fingerprint density at radius 3 is 1.39 bits per heavy atom. The van der Waals surface area contributed by atoms with E-state index in [-0.39, 0.29) is 5.78 Å². The summed E-state index contributed by atoms with van der Waals surface area (Å²) in [5.41, 5.74) is 0.977. The van der Waals surface area contributed by atoms with Gasteiger partial charge in [0.05, 0.1) is 0 Å². The molecule has 2 aliphatic carbocycles. The van der Waals surface area contributed by atoms with E-state index in [4.69, 9.17) is 0 Å². The van der Waals surface area contributed by atoms with Crippen molar-refractivity contribution in [1.29, 1.82) is 0 Å². The van der Waals surface area contributed by atoms with Crippen LogP contribution < -0.4 is 0 Å². The van der Waals surface area contributed by atoms with Crippen LogP contribution in [-0.2, 0) is 11.2 Å². The van der Waals surface area contributed by atoms with Crippen molar-refractivity contribution >= 4 is 5.78 Å². The van der Waals surface area contributed by atoms with Crippen molar-refractivity contribution in [2.45, 2.75) is 49.7 Å². The number of rotatable bonds is 4. The molecule has 2 aromatic carbocycles. The molecular formula is C25H26O3. The highest BCUT2D eigenvalue weighted by atomic mass is 16.3. The number of benzene rings is 2. The molecule has 0 heterocycles. The molecule has 2 N–H and O–H groups in total. The van der Waals surface area contributed by atoms with Crippen LogP contribution in [0.4, 0.5) is 0 Å². The summed E-state index contributed by atoms with van der Waals surface area (Å²) in [7, 11) is 0. The topological polar surface area (TPSA) is 57.5 Å². The van der Waals surface area contributed by atoms with Crippen LogP contribution in [0.15, 0.2) is 72.8 Å². The van der Waals surface area contributed by atoms with Crippen molar-refractivity contribution in [1.82, 2.24) is 0 Å². The highest BCUT2D eigenvalue weighted by molar-refractivity contribution is 6.09. The number of hydrogen-bond donors (Lipinski definition) is 2. The molecule has 0 aliphatic heterocycles. The zero-order valence-electron chi connectivity index (χ0n) is 16.0. The lowest BCUT2D eigenvalue weighted by Gasteiger charge is -2.28. The maximum absolute atomic E-state index is 12.8. The summed E-state index contributed by atoms with van der Waals surface area (Å²) < 4.78 is 0. The van der Waals surface area contributed by atoms with Crippen LogP contribution in [0.25, 0.3) is 0 Å². The first-order valence-electron chi connectivity index (χ1n) is 10.1. The fraction of sp³-hybridized carbons (Fsp3) is 0.320. The summed E-state index contributed by atoms with van der Waals surface area (Å²) in [5, 5.41) is 21.5. The maximum Gasteiger partial charge on any atom is 0.193 e. The van der Waals surface area contributed by atoms with Gasteiger partial charge in [0.1, 0.15) is 11.2 Å². The molecule has 0 saturated carbocycles. The van der Waals surface area contributed by atoms with Gasteiger partial charge in [0, 0.05) is 11.1 Å². The van der Waals surface area contributed by atoms with Crippen molar-refractivity contribution in [3.63, 3.8) is 0 Å². The average Bonchev–Trinajstić information content (AvgIpc) is 2.74. The summed E-state index contributed by atoms with van der Waals surface area (Å²) in [5.74, 6) is -0.0598. The lowest BCUT2D eigenvalue weighted by Crippen LogP contribution is -2.25. The van der Waals surface area contributed by atoms with Crippen molar-refractivity contribution in [3.8, 4) is 0 Å². The molecule has 3 heteroatoms. The molecule has 0 radical (unpaired) electrons. The molecule has 0 fully saturated rings. The molecule has 2 aromatic rings. The Labute approximate surface area is 166 Å². The monoisotopic (exact) mass is 374 g/mol. The summed E-state index contributed by atoms with van der Waals surface area (Å²) in [6.07, 6.45) is 13.1. The van der Waals surface area contributed by atoms with Crippen LogP contribution in [0.2, 0.25) is 0 Å². The summed E-state index contributed by atoms with van der Waals surface area (Å²) >= 11 is 0. The molecule has 144 valence electrons. The first-order valence-corrected chi connectivity index (χ1v) is 10.1. The molecule has 28 heavy (non-hydrogen) atoms. The molecule has 0 amide bonds. The van der Waals surface area contributed by atoms with Gasteiger partial charge in [-0.05, 0) is 49.7 Å². The molecule has 0 spiro atoms. The molecular weight excluding hydrogens is 348 g/mol. The minimum atomic E-state index is -0.926. The third-order valence-electron chi connectivity index (χ3n) is 5.94. The molecule has 4 rings (SSSR count). The molecule has 0 bridgehead atoms. The second-order valence-corrected chi connectivity index (χ2v) is 7.92. The fourth-order valence-corrected chi connectivity index (χ4v) is 4.17.